The summed E-state index contributed by atoms with van der Waals surface area (Å²) in [5.74, 6) is -0.794. The van der Waals surface area contributed by atoms with Crippen molar-refractivity contribution in [3.8, 4) is 11.1 Å². The van der Waals surface area contributed by atoms with Crippen LogP contribution in [0.5, 0.6) is 0 Å². The average molecular weight is 456 g/mol. The van der Waals surface area contributed by atoms with Gasteiger partial charge in [0.25, 0.3) is 0 Å². The molecule has 168 valence electrons. The molecule has 3 aromatic carbocycles. The Kier molecular flexibility index (Phi) is 7.14. The van der Waals surface area contributed by atoms with Crippen LogP contribution in [0.1, 0.15) is 30.9 Å². The summed E-state index contributed by atoms with van der Waals surface area (Å²) in [4.78, 5) is 3.51. The molecule has 0 amide bonds. The second-order valence-electron chi connectivity index (χ2n) is 8.37. The summed E-state index contributed by atoms with van der Waals surface area (Å²) in [6.07, 6.45) is 5.18. The number of anilines is 1. The van der Waals surface area contributed by atoms with Crippen LogP contribution >= 0.6 is 11.8 Å². The van der Waals surface area contributed by atoms with Crippen molar-refractivity contribution in [3.05, 3.63) is 83.2 Å². The van der Waals surface area contributed by atoms with Crippen LogP contribution in [0.3, 0.4) is 0 Å². The number of benzene rings is 3. The van der Waals surface area contributed by atoms with Crippen LogP contribution in [0.25, 0.3) is 11.1 Å². The molecular weight excluding hydrogens is 427 g/mol. The predicted molar refractivity (Wildman–Crippen MR) is 128 cm³/mol. The first kappa shape index (κ1) is 22.8. The number of hydrogen-bond donors (Lipinski definition) is 0. The minimum atomic E-state index is -0.536. The normalized spacial score (nSPS) is 14.7. The second kappa shape index (κ2) is 10.0. The fraction of sp³-hybridized carbons (Fsp3) is 0.333. The molecule has 32 heavy (non-hydrogen) atoms. The molecule has 0 radical (unpaired) electrons. The van der Waals surface area contributed by atoms with Crippen LogP contribution in [0, 0.1) is 23.4 Å². The highest BCUT2D eigenvalue weighted by molar-refractivity contribution is 7.98. The molecule has 0 aromatic heterocycles. The van der Waals surface area contributed by atoms with Gasteiger partial charge in [-0.15, -0.1) is 11.8 Å². The molecule has 1 nitrogen and oxygen atoms in total. The van der Waals surface area contributed by atoms with Gasteiger partial charge >= 0.3 is 0 Å². The van der Waals surface area contributed by atoms with E-state index >= 15 is 0 Å². The summed E-state index contributed by atoms with van der Waals surface area (Å²) in [6, 6.07) is 15.6. The summed E-state index contributed by atoms with van der Waals surface area (Å²) in [7, 11) is 0. The predicted octanol–water partition coefficient (Wildman–Crippen LogP) is 7.51. The topological polar surface area (TPSA) is 3.24 Å². The zero-order chi connectivity index (χ0) is 22.7. The molecule has 1 fully saturated rings. The summed E-state index contributed by atoms with van der Waals surface area (Å²) >= 11 is 1.68. The van der Waals surface area contributed by atoms with Crippen molar-refractivity contribution in [2.45, 2.75) is 37.5 Å². The van der Waals surface area contributed by atoms with Crippen molar-refractivity contribution in [1.82, 2.24) is 0 Å². The van der Waals surface area contributed by atoms with Crippen molar-refractivity contribution in [2.75, 3.05) is 24.2 Å². The Morgan fingerprint density at radius 1 is 0.906 bits per heavy atom. The lowest BCUT2D eigenvalue weighted by molar-refractivity contribution is 0.397. The van der Waals surface area contributed by atoms with Gasteiger partial charge in [0.2, 0.25) is 0 Å². The van der Waals surface area contributed by atoms with E-state index in [0.717, 1.165) is 59.3 Å². The van der Waals surface area contributed by atoms with Crippen molar-refractivity contribution >= 4 is 17.4 Å². The third-order valence-corrected chi connectivity index (χ3v) is 7.17. The van der Waals surface area contributed by atoms with E-state index in [4.69, 9.17) is 0 Å². The van der Waals surface area contributed by atoms with Crippen molar-refractivity contribution < 1.29 is 13.2 Å². The SMILES string of the molecule is CCc1c(F)cccc1-c1cc(SC)ccc1N1CCC(Cc2ccc(F)cc2F)CC1. The van der Waals surface area contributed by atoms with Gasteiger partial charge in [-0.1, -0.05) is 25.1 Å². The number of nitrogens with zero attached hydrogens (tertiary/aromatic N) is 1. The lowest BCUT2D eigenvalue weighted by Crippen LogP contribution is -2.34. The van der Waals surface area contributed by atoms with Crippen molar-refractivity contribution in [3.63, 3.8) is 0 Å². The lowest BCUT2D eigenvalue weighted by Gasteiger charge is -2.35. The van der Waals surface area contributed by atoms with E-state index < -0.39 is 11.6 Å². The average Bonchev–Trinajstić information content (AvgIpc) is 2.81. The Morgan fingerprint density at radius 2 is 1.69 bits per heavy atom. The third-order valence-electron chi connectivity index (χ3n) is 6.45. The molecule has 1 aliphatic heterocycles. The maximum atomic E-state index is 14.5. The molecule has 0 unspecified atom stereocenters. The molecular formula is C27H28F3NS. The Hall–Kier alpha value is -2.40. The first-order chi connectivity index (χ1) is 15.5. The molecule has 0 aliphatic carbocycles. The molecule has 1 aliphatic rings. The fourth-order valence-corrected chi connectivity index (χ4v) is 5.12. The van der Waals surface area contributed by atoms with Crippen LogP contribution in [0.2, 0.25) is 0 Å². The minimum absolute atomic E-state index is 0.162. The van der Waals surface area contributed by atoms with E-state index in [1.807, 2.05) is 19.2 Å². The van der Waals surface area contributed by atoms with Gasteiger partial charge in [0, 0.05) is 35.3 Å². The Bertz CT molecular complexity index is 1090. The van der Waals surface area contributed by atoms with E-state index in [2.05, 4.69) is 23.1 Å². The van der Waals surface area contributed by atoms with Gasteiger partial charge < -0.3 is 4.90 Å². The van der Waals surface area contributed by atoms with Gasteiger partial charge in [-0.25, -0.2) is 13.2 Å². The molecule has 1 saturated heterocycles. The summed E-state index contributed by atoms with van der Waals surface area (Å²) < 4.78 is 41.8. The largest absolute Gasteiger partial charge is 0.371 e. The maximum absolute atomic E-state index is 14.5. The van der Waals surface area contributed by atoms with Gasteiger partial charge in [0.15, 0.2) is 0 Å². The van der Waals surface area contributed by atoms with Gasteiger partial charge in [0.1, 0.15) is 17.5 Å². The van der Waals surface area contributed by atoms with E-state index in [9.17, 15) is 13.2 Å². The molecule has 0 bridgehead atoms. The summed E-state index contributed by atoms with van der Waals surface area (Å²) in [6.45, 7) is 3.70. The van der Waals surface area contributed by atoms with Crippen LogP contribution in [0.15, 0.2) is 59.5 Å². The number of halogens is 3. The summed E-state index contributed by atoms with van der Waals surface area (Å²) in [5.41, 5.74) is 4.47. The fourth-order valence-electron chi connectivity index (χ4n) is 4.68. The molecule has 0 N–H and O–H groups in total. The minimum Gasteiger partial charge on any atom is -0.371 e. The standard InChI is InChI=1S/C27H28F3NS/c1-3-22-23(5-4-6-25(22)29)24-17-21(32-2)9-10-27(24)31-13-11-18(12-14-31)15-19-7-8-20(28)16-26(19)30/h4-10,16-18H,3,11-15H2,1-2H3. The Labute approximate surface area is 192 Å². The van der Waals surface area contributed by atoms with Gasteiger partial charge in [-0.3, -0.25) is 0 Å². The Balaban J connectivity index is 1.57. The van der Waals surface area contributed by atoms with Crippen molar-refractivity contribution in [1.29, 1.82) is 0 Å². The molecule has 0 spiro atoms. The van der Waals surface area contributed by atoms with Crippen LogP contribution in [0.4, 0.5) is 18.9 Å². The van der Waals surface area contributed by atoms with E-state index in [0.29, 0.717) is 24.3 Å². The number of thioether (sulfide) groups is 1. The number of piperidine rings is 1. The zero-order valence-corrected chi connectivity index (χ0v) is 19.3. The lowest BCUT2D eigenvalue weighted by atomic mass is 9.89. The van der Waals surface area contributed by atoms with E-state index in [1.54, 1.807) is 23.9 Å². The van der Waals surface area contributed by atoms with Gasteiger partial charge in [0.05, 0.1) is 0 Å². The maximum Gasteiger partial charge on any atom is 0.129 e. The van der Waals surface area contributed by atoms with Crippen LogP contribution in [-0.2, 0) is 12.8 Å². The first-order valence-electron chi connectivity index (χ1n) is 11.1. The number of hydrogen-bond acceptors (Lipinski definition) is 2. The molecule has 5 heteroatoms. The Morgan fingerprint density at radius 3 is 2.38 bits per heavy atom. The zero-order valence-electron chi connectivity index (χ0n) is 18.5. The van der Waals surface area contributed by atoms with Crippen LogP contribution < -0.4 is 4.90 Å². The highest BCUT2D eigenvalue weighted by atomic mass is 32.2. The molecule has 1 heterocycles. The summed E-state index contributed by atoms with van der Waals surface area (Å²) in [5, 5.41) is 0. The quantitative estimate of drug-likeness (QED) is 0.354. The second-order valence-corrected chi connectivity index (χ2v) is 9.25. The molecule has 0 atom stereocenters. The monoisotopic (exact) mass is 455 g/mol. The van der Waals surface area contributed by atoms with Gasteiger partial charge in [-0.2, -0.15) is 0 Å². The van der Waals surface area contributed by atoms with E-state index in [1.165, 1.54) is 12.1 Å². The molecule has 3 aromatic rings. The highest BCUT2D eigenvalue weighted by Gasteiger charge is 2.24. The third kappa shape index (κ3) is 4.83. The van der Waals surface area contributed by atoms with Gasteiger partial charge in [-0.05, 0) is 84.9 Å². The first-order valence-corrected chi connectivity index (χ1v) is 12.4. The molecule has 0 saturated carbocycles. The highest BCUT2D eigenvalue weighted by Crippen LogP contribution is 2.38. The van der Waals surface area contributed by atoms with Crippen molar-refractivity contribution in [2.24, 2.45) is 5.92 Å². The molecule has 4 rings (SSSR count). The van der Waals surface area contributed by atoms with Crippen LogP contribution in [-0.4, -0.2) is 19.3 Å². The number of rotatable bonds is 6. The van der Waals surface area contributed by atoms with E-state index in [-0.39, 0.29) is 5.82 Å². The smallest absolute Gasteiger partial charge is 0.129 e.